The highest BCUT2D eigenvalue weighted by Crippen LogP contribution is 2.17. The van der Waals surface area contributed by atoms with Crippen LogP contribution in [0.5, 0.6) is 5.75 Å². The maximum absolute atomic E-state index is 11.7. The van der Waals surface area contributed by atoms with Crippen LogP contribution >= 0.6 is 15.9 Å². The molecular weight excluding hydrogens is 342 g/mol. The number of nitrogens with one attached hydrogen (secondary N) is 1. The van der Waals surface area contributed by atoms with Gasteiger partial charge in [-0.05, 0) is 31.2 Å². The Balaban J connectivity index is 2.30. The molecule has 116 valence electrons. The number of benzene rings is 1. The lowest BCUT2D eigenvalue weighted by atomic mass is 10.3. The van der Waals surface area contributed by atoms with Crippen molar-refractivity contribution in [2.75, 3.05) is 26.9 Å². The average molecular weight is 360 g/mol. The van der Waals surface area contributed by atoms with Crippen LogP contribution in [0.4, 0.5) is 0 Å². The Hall–Kier alpha value is -1.60. The van der Waals surface area contributed by atoms with E-state index in [1.54, 1.807) is 31.2 Å². The fraction of sp³-hybridized carbons (Fsp3) is 0.429. The van der Waals surface area contributed by atoms with Gasteiger partial charge in [-0.1, -0.05) is 15.9 Å². The van der Waals surface area contributed by atoms with Gasteiger partial charge in [-0.25, -0.2) is 4.79 Å². The third-order valence-corrected chi connectivity index (χ3v) is 2.96. The summed E-state index contributed by atoms with van der Waals surface area (Å²) in [7, 11) is 1.54. The Morgan fingerprint density at radius 3 is 2.57 bits per heavy atom. The van der Waals surface area contributed by atoms with E-state index in [0.29, 0.717) is 18.9 Å². The third-order valence-electron chi connectivity index (χ3n) is 2.43. The van der Waals surface area contributed by atoms with E-state index in [2.05, 4.69) is 21.2 Å². The second-order valence-electron chi connectivity index (χ2n) is 4.16. The molecule has 0 aliphatic carbocycles. The Labute approximate surface area is 131 Å². The van der Waals surface area contributed by atoms with Gasteiger partial charge in [0.15, 0.2) is 12.7 Å². The summed E-state index contributed by atoms with van der Waals surface area (Å²) in [6.07, 6.45) is -0.794. The van der Waals surface area contributed by atoms with E-state index in [0.717, 1.165) is 4.47 Å². The van der Waals surface area contributed by atoms with E-state index in [1.165, 1.54) is 7.11 Å². The molecule has 21 heavy (non-hydrogen) atoms. The summed E-state index contributed by atoms with van der Waals surface area (Å²) in [6, 6.07) is 7.06. The first-order valence-electron chi connectivity index (χ1n) is 6.37. The quantitative estimate of drug-likeness (QED) is 0.562. The predicted molar refractivity (Wildman–Crippen MR) is 80.1 cm³/mol. The zero-order valence-electron chi connectivity index (χ0n) is 11.9. The summed E-state index contributed by atoms with van der Waals surface area (Å²) in [5.74, 6) is -0.428. The highest BCUT2D eigenvalue weighted by Gasteiger charge is 2.17. The van der Waals surface area contributed by atoms with E-state index < -0.39 is 12.1 Å². The van der Waals surface area contributed by atoms with Crippen molar-refractivity contribution in [1.29, 1.82) is 0 Å². The van der Waals surface area contributed by atoms with Crippen LogP contribution in [0.1, 0.15) is 6.92 Å². The number of amides is 1. The molecule has 7 heteroatoms. The van der Waals surface area contributed by atoms with E-state index in [-0.39, 0.29) is 12.5 Å². The average Bonchev–Trinajstić information content (AvgIpc) is 2.47. The van der Waals surface area contributed by atoms with Gasteiger partial charge in [-0.3, -0.25) is 4.79 Å². The summed E-state index contributed by atoms with van der Waals surface area (Å²) in [6.45, 7) is 2.00. The number of methoxy groups -OCH3 is 1. The van der Waals surface area contributed by atoms with Crippen LogP contribution in [-0.2, 0) is 19.1 Å². The van der Waals surface area contributed by atoms with Crippen LogP contribution in [0.25, 0.3) is 0 Å². The Kier molecular flexibility index (Phi) is 7.78. The molecule has 1 amide bonds. The van der Waals surface area contributed by atoms with Gasteiger partial charge in [0.25, 0.3) is 5.91 Å². The minimum atomic E-state index is -0.794. The lowest BCUT2D eigenvalue weighted by Crippen LogP contribution is -2.34. The molecule has 0 heterocycles. The lowest BCUT2D eigenvalue weighted by molar-refractivity contribution is -0.154. The summed E-state index contributed by atoms with van der Waals surface area (Å²) in [5.41, 5.74) is 0. The van der Waals surface area contributed by atoms with Gasteiger partial charge in [0, 0.05) is 18.1 Å². The van der Waals surface area contributed by atoms with Gasteiger partial charge in [-0.2, -0.15) is 0 Å². The van der Waals surface area contributed by atoms with Crippen molar-refractivity contribution in [3.8, 4) is 5.75 Å². The molecule has 0 fully saturated rings. The van der Waals surface area contributed by atoms with Crippen molar-refractivity contribution in [3.05, 3.63) is 28.7 Å². The third kappa shape index (κ3) is 7.10. The lowest BCUT2D eigenvalue weighted by Gasteiger charge is -2.14. The number of rotatable bonds is 8. The fourth-order valence-electron chi connectivity index (χ4n) is 1.36. The van der Waals surface area contributed by atoms with E-state index >= 15 is 0 Å². The molecule has 0 radical (unpaired) electrons. The second kappa shape index (κ2) is 9.36. The molecule has 1 atom stereocenters. The number of carbonyl (C=O) groups is 2. The predicted octanol–water partition coefficient (Wildman–Crippen LogP) is 1.52. The van der Waals surface area contributed by atoms with Crippen LogP contribution in [0.15, 0.2) is 28.7 Å². The standard InChI is InChI=1S/C14H18BrNO5/c1-10(21-12-5-3-11(15)4-6-12)14(18)20-9-13(17)16-7-8-19-2/h3-6,10H,7-9H2,1-2H3,(H,16,17)/t10-/m0/s1. The topological polar surface area (TPSA) is 73.9 Å². The van der Waals surface area contributed by atoms with E-state index in [1.807, 2.05) is 0 Å². The normalized spacial score (nSPS) is 11.6. The molecule has 0 aromatic heterocycles. The minimum Gasteiger partial charge on any atom is -0.479 e. The highest BCUT2D eigenvalue weighted by atomic mass is 79.9. The zero-order valence-corrected chi connectivity index (χ0v) is 13.5. The zero-order chi connectivity index (χ0) is 15.7. The van der Waals surface area contributed by atoms with Crippen molar-refractivity contribution < 1.29 is 23.8 Å². The number of esters is 1. The Morgan fingerprint density at radius 1 is 1.29 bits per heavy atom. The second-order valence-corrected chi connectivity index (χ2v) is 5.08. The molecule has 0 unspecified atom stereocenters. The summed E-state index contributed by atoms with van der Waals surface area (Å²) < 4.78 is 16.0. The number of hydrogen-bond acceptors (Lipinski definition) is 5. The molecule has 0 saturated heterocycles. The van der Waals surface area contributed by atoms with Crippen LogP contribution in [0, 0.1) is 0 Å². The van der Waals surface area contributed by atoms with E-state index in [9.17, 15) is 9.59 Å². The summed E-state index contributed by atoms with van der Waals surface area (Å²) in [4.78, 5) is 23.0. The van der Waals surface area contributed by atoms with Crippen LogP contribution in [-0.4, -0.2) is 44.8 Å². The first-order chi connectivity index (χ1) is 10.0. The molecule has 0 saturated carbocycles. The summed E-state index contributed by atoms with van der Waals surface area (Å²) >= 11 is 3.31. The van der Waals surface area contributed by atoms with E-state index in [4.69, 9.17) is 14.2 Å². The van der Waals surface area contributed by atoms with Crippen molar-refractivity contribution in [2.24, 2.45) is 0 Å². The molecule has 0 aliphatic rings. The Bertz CT molecular complexity index is 463. The van der Waals surface area contributed by atoms with Crippen LogP contribution in [0.3, 0.4) is 0 Å². The van der Waals surface area contributed by atoms with Gasteiger partial charge < -0.3 is 19.5 Å². The smallest absolute Gasteiger partial charge is 0.347 e. The van der Waals surface area contributed by atoms with Crippen molar-refractivity contribution >= 4 is 27.8 Å². The van der Waals surface area contributed by atoms with Gasteiger partial charge in [0.05, 0.1) is 6.61 Å². The maximum atomic E-state index is 11.7. The highest BCUT2D eigenvalue weighted by molar-refractivity contribution is 9.10. The molecule has 0 spiro atoms. The minimum absolute atomic E-state index is 0.337. The number of halogens is 1. The van der Waals surface area contributed by atoms with Gasteiger partial charge in [-0.15, -0.1) is 0 Å². The van der Waals surface area contributed by atoms with Crippen molar-refractivity contribution in [2.45, 2.75) is 13.0 Å². The Morgan fingerprint density at radius 2 is 1.95 bits per heavy atom. The first kappa shape index (κ1) is 17.5. The van der Waals surface area contributed by atoms with Gasteiger partial charge >= 0.3 is 5.97 Å². The molecule has 1 N–H and O–H groups in total. The van der Waals surface area contributed by atoms with Crippen molar-refractivity contribution in [1.82, 2.24) is 5.32 Å². The molecule has 0 aliphatic heterocycles. The number of carbonyl (C=O) groups excluding carboxylic acids is 2. The maximum Gasteiger partial charge on any atom is 0.347 e. The SMILES string of the molecule is COCCNC(=O)COC(=O)[C@H](C)Oc1ccc(Br)cc1. The molecular formula is C14H18BrNO5. The molecule has 1 aromatic carbocycles. The van der Waals surface area contributed by atoms with Gasteiger partial charge in [0.1, 0.15) is 5.75 Å². The van der Waals surface area contributed by atoms with Crippen LogP contribution in [0.2, 0.25) is 0 Å². The number of ether oxygens (including phenoxy) is 3. The molecule has 6 nitrogen and oxygen atoms in total. The fourth-order valence-corrected chi connectivity index (χ4v) is 1.63. The largest absolute Gasteiger partial charge is 0.479 e. The molecule has 0 bridgehead atoms. The molecule has 1 aromatic rings. The first-order valence-corrected chi connectivity index (χ1v) is 7.16. The van der Waals surface area contributed by atoms with Crippen LogP contribution < -0.4 is 10.1 Å². The van der Waals surface area contributed by atoms with Gasteiger partial charge in [0.2, 0.25) is 0 Å². The number of hydrogen-bond donors (Lipinski definition) is 1. The monoisotopic (exact) mass is 359 g/mol. The summed E-state index contributed by atoms with van der Waals surface area (Å²) in [5, 5.41) is 2.55. The van der Waals surface area contributed by atoms with Crippen molar-refractivity contribution in [3.63, 3.8) is 0 Å². The molecule has 1 rings (SSSR count).